The molecule has 0 heterocycles. The molecule has 4 aromatic rings. The number of anilines is 2. The lowest BCUT2D eigenvalue weighted by Crippen LogP contribution is -2.25. The van der Waals surface area contributed by atoms with Crippen LogP contribution >= 0.6 is 0 Å². The zero-order valence-electron chi connectivity index (χ0n) is 44.0. The normalized spacial score (nSPS) is 12.9. The van der Waals surface area contributed by atoms with Crippen molar-refractivity contribution in [1.29, 1.82) is 0 Å². The molecule has 2 heteroatoms. The van der Waals surface area contributed by atoms with E-state index in [1.165, 1.54) is 212 Å². The van der Waals surface area contributed by atoms with E-state index in [1.54, 1.807) is 11.1 Å². The Morgan fingerprint density at radius 2 is 0.597 bits per heavy atom. The zero-order chi connectivity index (χ0) is 47.4. The van der Waals surface area contributed by atoms with Crippen molar-refractivity contribution in [2.75, 3.05) is 36.0 Å². The van der Waals surface area contributed by atoms with Crippen LogP contribution in [0.25, 0.3) is 35.4 Å². The van der Waals surface area contributed by atoms with Crippen molar-refractivity contribution in [1.82, 2.24) is 0 Å². The number of hydrogen-bond donors (Lipinski definition) is 0. The predicted molar refractivity (Wildman–Crippen MR) is 302 cm³/mol. The van der Waals surface area contributed by atoms with Crippen molar-refractivity contribution < 1.29 is 0 Å². The van der Waals surface area contributed by atoms with E-state index < -0.39 is 0 Å². The Kier molecular flexibility index (Phi) is 25.1. The summed E-state index contributed by atoms with van der Waals surface area (Å²) in [7, 11) is 0. The molecule has 0 saturated heterocycles. The maximum absolute atomic E-state index is 2.61. The Hall–Kier alpha value is -4.04. The summed E-state index contributed by atoms with van der Waals surface area (Å²) in [6.45, 7) is 18.4. The van der Waals surface area contributed by atoms with Gasteiger partial charge < -0.3 is 9.80 Å². The van der Waals surface area contributed by atoms with E-state index in [-0.39, 0.29) is 5.41 Å². The molecular weight excluding hydrogens is 809 g/mol. The third-order valence-corrected chi connectivity index (χ3v) is 14.9. The Balaban J connectivity index is 1.45. The number of benzene rings is 4. The van der Waals surface area contributed by atoms with Gasteiger partial charge in [-0.15, -0.1) is 0 Å². The van der Waals surface area contributed by atoms with Crippen LogP contribution in [0.2, 0.25) is 0 Å². The monoisotopic (exact) mass is 905 g/mol. The second-order valence-electron chi connectivity index (χ2n) is 20.4. The molecule has 4 aromatic carbocycles. The summed E-state index contributed by atoms with van der Waals surface area (Å²) in [5.41, 5.74) is 14.1. The van der Waals surface area contributed by atoms with Crippen molar-refractivity contribution >= 4 is 35.7 Å². The van der Waals surface area contributed by atoms with Gasteiger partial charge in [-0.25, -0.2) is 0 Å². The second kappa shape index (κ2) is 31.2. The fraction of sp³-hybridized carbons (Fsp3) is 0.569. The first kappa shape index (κ1) is 53.9. The van der Waals surface area contributed by atoms with Crippen LogP contribution in [0, 0.1) is 0 Å². The van der Waals surface area contributed by atoms with E-state index in [2.05, 4.69) is 161 Å². The van der Waals surface area contributed by atoms with Crippen molar-refractivity contribution in [2.45, 2.75) is 214 Å². The van der Waals surface area contributed by atoms with Crippen LogP contribution in [-0.2, 0) is 5.41 Å². The highest BCUT2D eigenvalue weighted by Gasteiger charge is 2.42. The van der Waals surface area contributed by atoms with Crippen LogP contribution in [0.15, 0.2) is 84.9 Å². The fourth-order valence-corrected chi connectivity index (χ4v) is 10.6. The topological polar surface area (TPSA) is 6.48 Å². The van der Waals surface area contributed by atoms with E-state index in [9.17, 15) is 0 Å². The van der Waals surface area contributed by atoms with Crippen LogP contribution in [0.4, 0.5) is 11.4 Å². The van der Waals surface area contributed by atoms with Gasteiger partial charge >= 0.3 is 0 Å². The van der Waals surface area contributed by atoms with E-state index >= 15 is 0 Å². The molecule has 0 aliphatic heterocycles. The van der Waals surface area contributed by atoms with Gasteiger partial charge in [0, 0.05) is 43.0 Å². The molecule has 2 nitrogen and oxygen atoms in total. The predicted octanol–water partition coefficient (Wildman–Crippen LogP) is 20.2. The molecule has 0 saturated carbocycles. The highest BCUT2D eigenvalue weighted by Crippen LogP contribution is 2.55. The maximum Gasteiger partial charge on any atom is 0.0366 e. The highest BCUT2D eigenvalue weighted by molar-refractivity contribution is 5.85. The van der Waals surface area contributed by atoms with Gasteiger partial charge in [-0.1, -0.05) is 255 Å². The first-order valence-corrected chi connectivity index (χ1v) is 28.4. The molecule has 0 N–H and O–H groups in total. The minimum absolute atomic E-state index is 0.0347. The largest absolute Gasteiger partial charge is 0.372 e. The standard InChI is InChI=1S/C65H96N2/c1-7-13-19-21-23-25-27-29-47-65(48-30-28-26-24-22-20-14-8-2)63-53-57(33-31-55-35-41-59(42-36-55)66(49-15-9-3)50-16-10-4)39-45-61(63)62-46-40-58(54-64(62)65)34-32-56-37-43-60(44-38-56)67(51-17-11-5)52-18-12-6/h31-46,53-54H,7-30,47-52H2,1-6H3/b33-31+,34-32+. The first-order valence-electron chi connectivity index (χ1n) is 28.4. The van der Waals surface area contributed by atoms with Crippen LogP contribution in [0.1, 0.15) is 242 Å². The molecular formula is C65H96N2. The average molecular weight is 905 g/mol. The molecule has 0 radical (unpaired) electrons. The van der Waals surface area contributed by atoms with Gasteiger partial charge in [0.25, 0.3) is 0 Å². The van der Waals surface area contributed by atoms with Crippen molar-refractivity contribution in [3.8, 4) is 11.1 Å². The minimum atomic E-state index is 0.0347. The summed E-state index contributed by atoms with van der Waals surface area (Å²) in [6, 6.07) is 33.6. The van der Waals surface area contributed by atoms with E-state index in [4.69, 9.17) is 0 Å². The van der Waals surface area contributed by atoms with Gasteiger partial charge in [0.2, 0.25) is 0 Å². The van der Waals surface area contributed by atoms with E-state index in [1.807, 2.05) is 0 Å². The molecule has 0 bridgehead atoms. The molecule has 0 aromatic heterocycles. The zero-order valence-corrected chi connectivity index (χ0v) is 44.0. The molecule has 1 aliphatic carbocycles. The average Bonchev–Trinajstić information content (AvgIpc) is 3.62. The van der Waals surface area contributed by atoms with Gasteiger partial charge in [-0.3, -0.25) is 0 Å². The lowest BCUT2D eigenvalue weighted by molar-refractivity contribution is 0.397. The van der Waals surface area contributed by atoms with E-state index in [0.29, 0.717) is 0 Å². The molecule has 0 amide bonds. The molecule has 1 aliphatic rings. The molecule has 0 atom stereocenters. The van der Waals surface area contributed by atoms with Crippen LogP contribution in [0.3, 0.4) is 0 Å². The molecule has 5 rings (SSSR count). The summed E-state index contributed by atoms with van der Waals surface area (Å²) < 4.78 is 0. The summed E-state index contributed by atoms with van der Waals surface area (Å²) in [5, 5.41) is 0. The smallest absolute Gasteiger partial charge is 0.0366 e. The summed E-state index contributed by atoms with van der Waals surface area (Å²) in [5.74, 6) is 0. The molecule has 0 fully saturated rings. The van der Waals surface area contributed by atoms with Crippen molar-refractivity contribution in [3.05, 3.63) is 118 Å². The highest BCUT2D eigenvalue weighted by atomic mass is 15.1. The molecule has 0 spiro atoms. The minimum Gasteiger partial charge on any atom is -0.372 e. The van der Waals surface area contributed by atoms with Gasteiger partial charge in [-0.2, -0.15) is 0 Å². The lowest BCUT2D eigenvalue weighted by atomic mass is 9.70. The SMILES string of the molecule is CCCCCCCCCCC1(CCCCCCCCCC)c2cc(/C=C/c3ccc(N(CCCC)CCCC)cc3)ccc2-c2ccc(/C=C/c3ccc(N(CCCC)CCCC)cc3)cc21. The Morgan fingerprint density at radius 1 is 0.313 bits per heavy atom. The third kappa shape index (κ3) is 17.2. The number of rotatable bonds is 36. The molecule has 0 unspecified atom stereocenters. The van der Waals surface area contributed by atoms with Crippen LogP contribution in [0.5, 0.6) is 0 Å². The third-order valence-electron chi connectivity index (χ3n) is 14.9. The van der Waals surface area contributed by atoms with Crippen LogP contribution in [-0.4, -0.2) is 26.2 Å². The summed E-state index contributed by atoms with van der Waals surface area (Å²) in [6.07, 6.45) is 43.6. The second-order valence-corrected chi connectivity index (χ2v) is 20.4. The van der Waals surface area contributed by atoms with Crippen molar-refractivity contribution in [3.63, 3.8) is 0 Å². The van der Waals surface area contributed by atoms with Crippen LogP contribution < -0.4 is 9.80 Å². The Morgan fingerprint density at radius 3 is 0.925 bits per heavy atom. The number of unbranched alkanes of at least 4 members (excludes halogenated alkanes) is 18. The van der Waals surface area contributed by atoms with Gasteiger partial charge in [-0.05, 0) is 107 Å². The molecule has 67 heavy (non-hydrogen) atoms. The summed E-state index contributed by atoms with van der Waals surface area (Å²) in [4.78, 5) is 5.18. The summed E-state index contributed by atoms with van der Waals surface area (Å²) >= 11 is 0. The quantitative estimate of drug-likeness (QED) is 0.0331. The Labute approximate surface area is 413 Å². The maximum atomic E-state index is 2.61. The lowest BCUT2D eigenvalue weighted by Gasteiger charge is -2.33. The molecule has 366 valence electrons. The fourth-order valence-electron chi connectivity index (χ4n) is 10.6. The first-order chi connectivity index (χ1) is 33.0. The number of nitrogens with zero attached hydrogens (tertiary/aromatic N) is 2. The number of fused-ring (bicyclic) bond motifs is 3. The Bertz CT molecular complexity index is 1820. The van der Waals surface area contributed by atoms with Crippen molar-refractivity contribution in [2.24, 2.45) is 0 Å². The van der Waals surface area contributed by atoms with Gasteiger partial charge in [0.1, 0.15) is 0 Å². The van der Waals surface area contributed by atoms with Gasteiger partial charge in [0.05, 0.1) is 0 Å². The van der Waals surface area contributed by atoms with E-state index in [0.717, 1.165) is 26.2 Å². The number of hydrogen-bond acceptors (Lipinski definition) is 2. The van der Waals surface area contributed by atoms with Gasteiger partial charge in [0.15, 0.2) is 0 Å².